The predicted octanol–water partition coefficient (Wildman–Crippen LogP) is 2.24. The van der Waals surface area contributed by atoms with Crippen LogP contribution >= 0.6 is 8.60 Å². The quantitative estimate of drug-likeness (QED) is 0.487. The van der Waals surface area contributed by atoms with Crippen LogP contribution in [0.3, 0.4) is 0 Å². The average Bonchev–Trinajstić information content (AvgIpc) is 2.01. The summed E-state index contributed by atoms with van der Waals surface area (Å²) < 4.78 is 15.8. The summed E-state index contributed by atoms with van der Waals surface area (Å²) in [4.78, 5) is 0. The van der Waals surface area contributed by atoms with Crippen LogP contribution in [0.2, 0.25) is 0 Å². The molecule has 0 saturated carbocycles. The van der Waals surface area contributed by atoms with Gasteiger partial charge in [0.25, 0.3) is 0 Å². The van der Waals surface area contributed by atoms with Gasteiger partial charge in [-0.25, -0.2) is 0 Å². The minimum absolute atomic E-state index is 0.264. The van der Waals surface area contributed by atoms with E-state index in [2.05, 4.69) is 6.58 Å². The molecule has 2 atom stereocenters. The SMILES string of the molecule is C=CCOP1OCCC(C)O1. The third-order valence-electron chi connectivity index (χ3n) is 1.28. The molecule has 0 bridgehead atoms. The van der Waals surface area contributed by atoms with Crippen LogP contribution in [0.25, 0.3) is 0 Å². The van der Waals surface area contributed by atoms with Crippen molar-refractivity contribution < 1.29 is 13.6 Å². The Balaban J connectivity index is 2.17. The molecule has 0 aromatic heterocycles. The lowest BCUT2D eigenvalue weighted by atomic mass is 10.3. The molecule has 1 heterocycles. The third kappa shape index (κ3) is 3.30. The minimum Gasteiger partial charge on any atom is -0.312 e. The van der Waals surface area contributed by atoms with Gasteiger partial charge in [0.05, 0.1) is 19.3 Å². The zero-order valence-electron chi connectivity index (χ0n) is 6.66. The number of hydrogen-bond acceptors (Lipinski definition) is 3. The van der Waals surface area contributed by atoms with Crippen molar-refractivity contribution in [2.24, 2.45) is 0 Å². The molecular formula is C7H13O3P. The average molecular weight is 176 g/mol. The summed E-state index contributed by atoms with van der Waals surface area (Å²) in [5, 5.41) is 0. The van der Waals surface area contributed by atoms with Crippen LogP contribution in [0.4, 0.5) is 0 Å². The molecule has 11 heavy (non-hydrogen) atoms. The first kappa shape index (κ1) is 9.14. The normalized spacial score (nSPS) is 31.7. The molecular weight excluding hydrogens is 163 g/mol. The molecule has 0 aromatic rings. The van der Waals surface area contributed by atoms with Crippen molar-refractivity contribution in [3.8, 4) is 0 Å². The molecule has 4 heteroatoms. The standard InChI is InChI=1S/C7H13O3P/c1-3-5-8-11-9-6-4-7(2)10-11/h3,7H,1,4-6H2,2H3. The lowest BCUT2D eigenvalue weighted by Gasteiger charge is -2.25. The summed E-state index contributed by atoms with van der Waals surface area (Å²) in [6.45, 7) is 6.80. The van der Waals surface area contributed by atoms with Crippen LogP contribution in [-0.2, 0) is 13.6 Å². The second-order valence-corrected chi connectivity index (χ2v) is 3.52. The van der Waals surface area contributed by atoms with Gasteiger partial charge in [-0.2, -0.15) is 0 Å². The number of rotatable bonds is 3. The third-order valence-corrected chi connectivity index (χ3v) is 2.57. The Morgan fingerprint density at radius 2 is 2.64 bits per heavy atom. The van der Waals surface area contributed by atoms with Crippen LogP contribution in [0.5, 0.6) is 0 Å². The molecule has 1 aliphatic heterocycles. The van der Waals surface area contributed by atoms with Crippen molar-refractivity contribution in [3.05, 3.63) is 12.7 Å². The highest BCUT2D eigenvalue weighted by Gasteiger charge is 2.21. The summed E-state index contributed by atoms with van der Waals surface area (Å²) in [7, 11) is -1.09. The van der Waals surface area contributed by atoms with E-state index in [1.807, 2.05) is 6.92 Å². The van der Waals surface area contributed by atoms with Crippen molar-refractivity contribution in [1.29, 1.82) is 0 Å². The fraction of sp³-hybridized carbons (Fsp3) is 0.714. The van der Waals surface area contributed by atoms with E-state index in [1.165, 1.54) is 0 Å². The van der Waals surface area contributed by atoms with Gasteiger partial charge in [-0.15, -0.1) is 6.58 Å². The largest absolute Gasteiger partial charge is 0.333 e. The molecule has 1 rings (SSSR count). The molecule has 2 unspecified atom stereocenters. The summed E-state index contributed by atoms with van der Waals surface area (Å²) in [5.41, 5.74) is 0. The summed E-state index contributed by atoms with van der Waals surface area (Å²) >= 11 is 0. The maximum atomic E-state index is 5.36. The van der Waals surface area contributed by atoms with Gasteiger partial charge < -0.3 is 13.6 Å². The minimum atomic E-state index is -1.09. The summed E-state index contributed by atoms with van der Waals surface area (Å²) in [6.07, 6.45) is 2.91. The van der Waals surface area contributed by atoms with E-state index < -0.39 is 8.60 Å². The Bertz CT molecular complexity index is 129. The zero-order chi connectivity index (χ0) is 8.10. The predicted molar refractivity (Wildman–Crippen MR) is 44.2 cm³/mol. The molecule has 1 saturated heterocycles. The van der Waals surface area contributed by atoms with Gasteiger partial charge in [0, 0.05) is 0 Å². The van der Waals surface area contributed by atoms with Gasteiger partial charge in [-0.1, -0.05) is 6.08 Å². The van der Waals surface area contributed by atoms with Crippen molar-refractivity contribution in [2.45, 2.75) is 19.4 Å². The highest BCUT2D eigenvalue weighted by molar-refractivity contribution is 7.41. The van der Waals surface area contributed by atoms with Crippen LogP contribution in [0.15, 0.2) is 12.7 Å². The second-order valence-electron chi connectivity index (χ2n) is 2.35. The molecule has 0 N–H and O–H groups in total. The zero-order valence-corrected chi connectivity index (χ0v) is 7.55. The van der Waals surface area contributed by atoms with Crippen LogP contribution < -0.4 is 0 Å². The van der Waals surface area contributed by atoms with E-state index in [0.29, 0.717) is 6.61 Å². The van der Waals surface area contributed by atoms with Gasteiger partial charge in [0.15, 0.2) is 0 Å². The number of hydrogen-bond donors (Lipinski definition) is 0. The van der Waals surface area contributed by atoms with E-state index >= 15 is 0 Å². The fourth-order valence-electron chi connectivity index (χ4n) is 0.705. The lowest BCUT2D eigenvalue weighted by molar-refractivity contribution is 0.0756. The van der Waals surface area contributed by atoms with Crippen molar-refractivity contribution in [2.75, 3.05) is 13.2 Å². The van der Waals surface area contributed by atoms with Crippen molar-refractivity contribution in [3.63, 3.8) is 0 Å². The van der Waals surface area contributed by atoms with Crippen LogP contribution in [0, 0.1) is 0 Å². The first-order chi connectivity index (χ1) is 5.33. The fourth-order valence-corrected chi connectivity index (χ4v) is 1.78. The van der Waals surface area contributed by atoms with E-state index in [0.717, 1.165) is 13.0 Å². The molecule has 0 aliphatic carbocycles. The summed E-state index contributed by atoms with van der Waals surface area (Å²) in [6, 6.07) is 0. The maximum Gasteiger partial charge on any atom is 0.333 e. The molecule has 64 valence electrons. The molecule has 1 aliphatic rings. The van der Waals surface area contributed by atoms with Crippen molar-refractivity contribution in [1.82, 2.24) is 0 Å². The highest BCUT2D eigenvalue weighted by atomic mass is 31.2. The highest BCUT2D eigenvalue weighted by Crippen LogP contribution is 2.44. The molecule has 0 aromatic carbocycles. The van der Waals surface area contributed by atoms with Gasteiger partial charge in [0.2, 0.25) is 0 Å². The monoisotopic (exact) mass is 176 g/mol. The van der Waals surface area contributed by atoms with Crippen LogP contribution in [0.1, 0.15) is 13.3 Å². The maximum absolute atomic E-state index is 5.36. The Kier molecular flexibility index (Phi) is 4.02. The van der Waals surface area contributed by atoms with Gasteiger partial charge in [-0.05, 0) is 13.3 Å². The summed E-state index contributed by atoms with van der Waals surface area (Å²) in [5.74, 6) is 0. The Labute approximate surface area is 68.3 Å². The Morgan fingerprint density at radius 1 is 1.82 bits per heavy atom. The molecule has 0 radical (unpaired) electrons. The van der Waals surface area contributed by atoms with Gasteiger partial charge in [-0.3, -0.25) is 0 Å². The van der Waals surface area contributed by atoms with Crippen LogP contribution in [-0.4, -0.2) is 19.3 Å². The molecule has 0 amide bonds. The van der Waals surface area contributed by atoms with E-state index in [9.17, 15) is 0 Å². The lowest BCUT2D eigenvalue weighted by Crippen LogP contribution is -2.15. The second kappa shape index (κ2) is 4.83. The Morgan fingerprint density at radius 3 is 3.27 bits per heavy atom. The topological polar surface area (TPSA) is 27.7 Å². The van der Waals surface area contributed by atoms with Crippen molar-refractivity contribution >= 4 is 8.60 Å². The van der Waals surface area contributed by atoms with E-state index in [1.54, 1.807) is 6.08 Å². The molecule has 1 fully saturated rings. The van der Waals surface area contributed by atoms with E-state index in [4.69, 9.17) is 13.6 Å². The smallest absolute Gasteiger partial charge is 0.312 e. The Hall–Kier alpha value is 0.0500. The molecule has 0 spiro atoms. The van der Waals surface area contributed by atoms with Gasteiger partial charge in [0.1, 0.15) is 0 Å². The molecule has 3 nitrogen and oxygen atoms in total. The first-order valence-electron chi connectivity index (χ1n) is 3.66. The van der Waals surface area contributed by atoms with Gasteiger partial charge >= 0.3 is 8.60 Å². The first-order valence-corrected chi connectivity index (χ1v) is 4.76. The van der Waals surface area contributed by atoms with E-state index in [-0.39, 0.29) is 6.10 Å².